The predicted molar refractivity (Wildman–Crippen MR) is 61.5 cm³/mol. The summed E-state index contributed by atoms with van der Waals surface area (Å²) in [4.78, 5) is 0. The Hall–Kier alpha value is -2.17. The van der Waals surface area contributed by atoms with E-state index < -0.39 is 17.5 Å². The van der Waals surface area contributed by atoms with Crippen LogP contribution in [0.2, 0.25) is 0 Å². The van der Waals surface area contributed by atoms with Crippen LogP contribution < -0.4 is 10.5 Å². The fraction of sp³-hybridized carbons (Fsp3) is 0.0769. The van der Waals surface area contributed by atoms with E-state index >= 15 is 0 Å². The van der Waals surface area contributed by atoms with Crippen molar-refractivity contribution in [1.29, 1.82) is 0 Å². The first-order valence-corrected chi connectivity index (χ1v) is 5.18. The Morgan fingerprint density at radius 3 is 2.61 bits per heavy atom. The molecule has 0 unspecified atom stereocenters. The highest BCUT2D eigenvalue weighted by Crippen LogP contribution is 2.21. The number of halogens is 3. The van der Waals surface area contributed by atoms with Crippen molar-refractivity contribution >= 4 is 5.69 Å². The van der Waals surface area contributed by atoms with E-state index in [0.717, 1.165) is 18.2 Å². The molecule has 0 aromatic heterocycles. The van der Waals surface area contributed by atoms with Gasteiger partial charge in [-0.1, -0.05) is 12.1 Å². The molecule has 2 rings (SSSR count). The van der Waals surface area contributed by atoms with Gasteiger partial charge >= 0.3 is 0 Å². The van der Waals surface area contributed by atoms with Crippen LogP contribution in [-0.2, 0) is 6.61 Å². The highest BCUT2D eigenvalue weighted by molar-refractivity contribution is 5.42. The molecule has 0 saturated heterocycles. The van der Waals surface area contributed by atoms with Gasteiger partial charge in [-0.2, -0.15) is 0 Å². The van der Waals surface area contributed by atoms with Gasteiger partial charge in [0.15, 0.2) is 17.4 Å². The number of anilines is 1. The second-order valence-electron chi connectivity index (χ2n) is 3.68. The SMILES string of the molecule is Nc1cccc(COc2cc(F)ccc2F)c1F. The third-order valence-electron chi connectivity index (χ3n) is 2.38. The minimum Gasteiger partial charge on any atom is -0.486 e. The molecular formula is C13H10F3NO. The molecule has 0 amide bonds. The third kappa shape index (κ3) is 2.56. The van der Waals surface area contributed by atoms with Crippen molar-refractivity contribution in [3.63, 3.8) is 0 Å². The van der Waals surface area contributed by atoms with Gasteiger partial charge in [-0.05, 0) is 18.2 Å². The number of ether oxygens (including phenoxy) is 1. The van der Waals surface area contributed by atoms with Gasteiger partial charge in [0.1, 0.15) is 12.4 Å². The predicted octanol–water partition coefficient (Wildman–Crippen LogP) is 3.27. The zero-order valence-corrected chi connectivity index (χ0v) is 9.29. The summed E-state index contributed by atoms with van der Waals surface area (Å²) in [6, 6.07) is 7.24. The fourth-order valence-electron chi connectivity index (χ4n) is 1.45. The lowest BCUT2D eigenvalue weighted by molar-refractivity contribution is 0.283. The third-order valence-corrected chi connectivity index (χ3v) is 2.38. The fourth-order valence-corrected chi connectivity index (χ4v) is 1.45. The monoisotopic (exact) mass is 253 g/mol. The lowest BCUT2D eigenvalue weighted by Crippen LogP contribution is -2.02. The van der Waals surface area contributed by atoms with Crippen LogP contribution in [0.25, 0.3) is 0 Å². The molecule has 0 spiro atoms. The van der Waals surface area contributed by atoms with E-state index in [-0.39, 0.29) is 23.6 Å². The van der Waals surface area contributed by atoms with Crippen LogP contribution in [0.15, 0.2) is 36.4 Å². The molecule has 2 N–H and O–H groups in total. The minimum absolute atomic E-state index is 0.0178. The minimum atomic E-state index is -0.708. The van der Waals surface area contributed by atoms with Crippen LogP contribution in [0.1, 0.15) is 5.56 Å². The molecule has 0 aliphatic carbocycles. The van der Waals surface area contributed by atoms with Crippen molar-refractivity contribution < 1.29 is 17.9 Å². The Kier molecular flexibility index (Phi) is 3.41. The van der Waals surface area contributed by atoms with Crippen molar-refractivity contribution in [2.24, 2.45) is 0 Å². The van der Waals surface area contributed by atoms with Crippen LogP contribution in [0, 0.1) is 17.5 Å². The lowest BCUT2D eigenvalue weighted by Gasteiger charge is -2.09. The number of rotatable bonds is 3. The van der Waals surface area contributed by atoms with Crippen molar-refractivity contribution in [2.45, 2.75) is 6.61 Å². The van der Waals surface area contributed by atoms with Gasteiger partial charge in [-0.25, -0.2) is 13.2 Å². The maximum Gasteiger partial charge on any atom is 0.165 e. The van der Waals surface area contributed by atoms with Gasteiger partial charge in [-0.15, -0.1) is 0 Å². The highest BCUT2D eigenvalue weighted by atomic mass is 19.1. The Balaban J connectivity index is 2.16. The Morgan fingerprint density at radius 1 is 1.06 bits per heavy atom. The van der Waals surface area contributed by atoms with E-state index in [9.17, 15) is 13.2 Å². The number of hydrogen-bond donors (Lipinski definition) is 1. The molecule has 0 saturated carbocycles. The largest absolute Gasteiger partial charge is 0.486 e. The van der Waals surface area contributed by atoms with Gasteiger partial charge in [0.2, 0.25) is 0 Å². The molecule has 94 valence electrons. The highest BCUT2D eigenvalue weighted by Gasteiger charge is 2.09. The van der Waals surface area contributed by atoms with Crippen LogP contribution in [0.3, 0.4) is 0 Å². The summed E-state index contributed by atoms with van der Waals surface area (Å²) in [5, 5.41) is 0. The summed E-state index contributed by atoms with van der Waals surface area (Å²) in [6.45, 7) is -0.225. The average molecular weight is 253 g/mol. The molecule has 2 aromatic rings. The van der Waals surface area contributed by atoms with E-state index in [2.05, 4.69) is 0 Å². The zero-order chi connectivity index (χ0) is 13.1. The molecule has 0 aliphatic heterocycles. The molecule has 0 bridgehead atoms. The average Bonchev–Trinajstić information content (AvgIpc) is 2.35. The second kappa shape index (κ2) is 5.00. The summed E-state index contributed by atoms with van der Waals surface area (Å²) in [6.07, 6.45) is 0. The Bertz CT molecular complexity index is 570. The maximum atomic E-state index is 13.5. The van der Waals surface area contributed by atoms with E-state index in [1.54, 1.807) is 6.07 Å². The first-order valence-electron chi connectivity index (χ1n) is 5.18. The summed E-state index contributed by atoms with van der Waals surface area (Å²) in [7, 11) is 0. The topological polar surface area (TPSA) is 35.2 Å². The summed E-state index contributed by atoms with van der Waals surface area (Å²) < 4.78 is 44.7. The lowest BCUT2D eigenvalue weighted by atomic mass is 10.2. The summed E-state index contributed by atoms with van der Waals surface area (Å²) in [5.74, 6) is -2.22. The standard InChI is InChI=1S/C13H10F3NO/c14-9-4-5-10(15)12(6-9)18-7-8-2-1-3-11(17)13(8)16/h1-6H,7,17H2. The Morgan fingerprint density at radius 2 is 1.83 bits per heavy atom. The zero-order valence-electron chi connectivity index (χ0n) is 9.29. The number of nitrogens with two attached hydrogens (primary N) is 1. The number of nitrogen functional groups attached to an aromatic ring is 1. The van der Waals surface area contributed by atoms with E-state index in [1.165, 1.54) is 12.1 Å². The van der Waals surface area contributed by atoms with Gasteiger partial charge in [0.25, 0.3) is 0 Å². The molecular weight excluding hydrogens is 243 g/mol. The van der Waals surface area contributed by atoms with Gasteiger partial charge in [0, 0.05) is 11.6 Å². The molecule has 0 aliphatic rings. The smallest absolute Gasteiger partial charge is 0.165 e. The van der Waals surface area contributed by atoms with E-state index in [0.29, 0.717) is 0 Å². The first-order chi connectivity index (χ1) is 8.58. The molecule has 0 radical (unpaired) electrons. The van der Waals surface area contributed by atoms with Crippen LogP contribution in [0.5, 0.6) is 5.75 Å². The molecule has 0 fully saturated rings. The van der Waals surface area contributed by atoms with Crippen LogP contribution in [0.4, 0.5) is 18.9 Å². The molecule has 2 nitrogen and oxygen atoms in total. The summed E-state index contributed by atoms with van der Waals surface area (Å²) >= 11 is 0. The maximum absolute atomic E-state index is 13.5. The van der Waals surface area contributed by atoms with Gasteiger partial charge in [0.05, 0.1) is 5.69 Å². The quantitative estimate of drug-likeness (QED) is 0.852. The molecule has 2 aromatic carbocycles. The van der Waals surface area contributed by atoms with Crippen molar-refractivity contribution in [2.75, 3.05) is 5.73 Å². The van der Waals surface area contributed by atoms with Crippen LogP contribution in [-0.4, -0.2) is 0 Å². The van der Waals surface area contributed by atoms with E-state index in [1.807, 2.05) is 0 Å². The second-order valence-corrected chi connectivity index (χ2v) is 3.68. The normalized spacial score (nSPS) is 10.4. The molecule has 0 heterocycles. The molecule has 5 heteroatoms. The number of hydrogen-bond acceptors (Lipinski definition) is 2. The van der Waals surface area contributed by atoms with Crippen LogP contribution >= 0.6 is 0 Å². The van der Waals surface area contributed by atoms with E-state index in [4.69, 9.17) is 10.5 Å². The molecule has 18 heavy (non-hydrogen) atoms. The first kappa shape index (κ1) is 12.3. The summed E-state index contributed by atoms with van der Waals surface area (Å²) in [5.41, 5.74) is 5.54. The molecule has 0 atom stereocenters. The van der Waals surface area contributed by atoms with Crippen molar-refractivity contribution in [1.82, 2.24) is 0 Å². The van der Waals surface area contributed by atoms with Gasteiger partial charge < -0.3 is 10.5 Å². The van der Waals surface area contributed by atoms with Crippen molar-refractivity contribution in [3.05, 3.63) is 59.4 Å². The van der Waals surface area contributed by atoms with Crippen molar-refractivity contribution in [3.8, 4) is 5.75 Å². The Labute approximate surface area is 102 Å². The number of benzene rings is 2. The van der Waals surface area contributed by atoms with Gasteiger partial charge in [-0.3, -0.25) is 0 Å².